The fourth-order valence-corrected chi connectivity index (χ4v) is 1.39. The van der Waals surface area contributed by atoms with E-state index in [0.717, 1.165) is 0 Å². The SMILES string of the molecule is CC(=O)N1C=C(C#N)C(C)C1C. The molecule has 0 aromatic rings. The molecular weight excluding hydrogens is 152 g/mol. The summed E-state index contributed by atoms with van der Waals surface area (Å²) in [5.74, 6) is 0.165. The molecule has 12 heavy (non-hydrogen) atoms. The summed E-state index contributed by atoms with van der Waals surface area (Å²) in [6, 6.07) is 2.22. The van der Waals surface area contributed by atoms with Crippen LogP contribution in [0, 0.1) is 17.2 Å². The van der Waals surface area contributed by atoms with Crippen LogP contribution in [0.25, 0.3) is 0 Å². The molecule has 0 saturated carbocycles. The van der Waals surface area contributed by atoms with Crippen LogP contribution in [0.3, 0.4) is 0 Å². The smallest absolute Gasteiger partial charge is 0.223 e. The number of hydrogen-bond acceptors (Lipinski definition) is 2. The third-order valence-corrected chi connectivity index (χ3v) is 2.42. The fourth-order valence-electron chi connectivity index (χ4n) is 1.39. The molecule has 0 N–H and O–H groups in total. The Morgan fingerprint density at radius 2 is 2.25 bits per heavy atom. The molecule has 1 aliphatic rings. The van der Waals surface area contributed by atoms with Gasteiger partial charge in [-0.25, -0.2) is 0 Å². The van der Waals surface area contributed by atoms with Crippen molar-refractivity contribution in [3.05, 3.63) is 11.8 Å². The van der Waals surface area contributed by atoms with E-state index in [1.807, 2.05) is 13.8 Å². The highest BCUT2D eigenvalue weighted by Crippen LogP contribution is 2.26. The van der Waals surface area contributed by atoms with Gasteiger partial charge in [-0.05, 0) is 6.92 Å². The Balaban J connectivity index is 2.91. The van der Waals surface area contributed by atoms with E-state index in [2.05, 4.69) is 6.07 Å². The van der Waals surface area contributed by atoms with Crippen molar-refractivity contribution < 1.29 is 4.79 Å². The number of nitriles is 1. The summed E-state index contributed by atoms with van der Waals surface area (Å²) in [6.07, 6.45) is 1.65. The molecule has 2 unspecified atom stereocenters. The maximum Gasteiger partial charge on any atom is 0.223 e. The maximum absolute atomic E-state index is 11.0. The van der Waals surface area contributed by atoms with Gasteiger partial charge in [0.15, 0.2) is 0 Å². The molecule has 0 aliphatic carbocycles. The van der Waals surface area contributed by atoms with Crippen molar-refractivity contribution in [2.24, 2.45) is 5.92 Å². The second-order valence-corrected chi connectivity index (χ2v) is 3.15. The van der Waals surface area contributed by atoms with E-state index in [1.165, 1.54) is 6.92 Å². The predicted octanol–water partition coefficient (Wildman–Crippen LogP) is 1.28. The molecule has 0 fully saturated rings. The second kappa shape index (κ2) is 2.98. The van der Waals surface area contributed by atoms with Crippen molar-refractivity contribution in [2.45, 2.75) is 26.8 Å². The number of nitrogens with zero attached hydrogens (tertiary/aromatic N) is 2. The zero-order valence-corrected chi connectivity index (χ0v) is 7.53. The van der Waals surface area contributed by atoms with Gasteiger partial charge in [-0.1, -0.05) is 6.92 Å². The summed E-state index contributed by atoms with van der Waals surface area (Å²) in [6.45, 7) is 5.43. The lowest BCUT2D eigenvalue weighted by Gasteiger charge is -2.20. The summed E-state index contributed by atoms with van der Waals surface area (Å²) in [4.78, 5) is 12.6. The van der Waals surface area contributed by atoms with Crippen LogP contribution in [0.1, 0.15) is 20.8 Å². The highest BCUT2D eigenvalue weighted by Gasteiger charge is 2.30. The average Bonchev–Trinajstić information content (AvgIpc) is 2.30. The van der Waals surface area contributed by atoms with Gasteiger partial charge in [-0.15, -0.1) is 0 Å². The monoisotopic (exact) mass is 164 g/mol. The van der Waals surface area contributed by atoms with Gasteiger partial charge in [0, 0.05) is 25.1 Å². The maximum atomic E-state index is 11.0. The van der Waals surface area contributed by atoms with Gasteiger partial charge in [-0.2, -0.15) is 5.26 Å². The molecule has 0 spiro atoms. The van der Waals surface area contributed by atoms with Gasteiger partial charge >= 0.3 is 0 Å². The molecular formula is C9H12N2O. The van der Waals surface area contributed by atoms with Gasteiger partial charge in [0.25, 0.3) is 0 Å². The Morgan fingerprint density at radius 1 is 1.67 bits per heavy atom. The first-order valence-electron chi connectivity index (χ1n) is 3.98. The third-order valence-electron chi connectivity index (χ3n) is 2.42. The molecule has 1 rings (SSSR count). The fraction of sp³-hybridized carbons (Fsp3) is 0.556. The molecule has 1 amide bonds. The van der Waals surface area contributed by atoms with Crippen LogP contribution in [0.2, 0.25) is 0 Å². The van der Waals surface area contributed by atoms with Crippen molar-refractivity contribution in [3.63, 3.8) is 0 Å². The molecule has 0 saturated heterocycles. The van der Waals surface area contributed by atoms with E-state index in [-0.39, 0.29) is 17.9 Å². The Kier molecular flexibility index (Phi) is 2.18. The number of rotatable bonds is 0. The summed E-state index contributed by atoms with van der Waals surface area (Å²) in [7, 11) is 0. The Bertz CT molecular complexity index is 275. The third kappa shape index (κ3) is 1.20. The van der Waals surface area contributed by atoms with E-state index in [9.17, 15) is 4.79 Å². The van der Waals surface area contributed by atoms with Crippen molar-refractivity contribution in [3.8, 4) is 6.07 Å². The number of amides is 1. The summed E-state index contributed by atoms with van der Waals surface area (Å²) >= 11 is 0. The van der Waals surface area contributed by atoms with Crippen molar-refractivity contribution in [1.29, 1.82) is 5.26 Å². The zero-order chi connectivity index (χ0) is 9.30. The normalized spacial score (nSPS) is 28.2. The highest BCUT2D eigenvalue weighted by molar-refractivity contribution is 5.75. The average molecular weight is 164 g/mol. The molecule has 0 radical (unpaired) electrons. The first-order chi connectivity index (χ1) is 5.57. The Labute approximate surface area is 72.3 Å². The first-order valence-corrected chi connectivity index (χ1v) is 3.98. The first kappa shape index (κ1) is 8.79. The van der Waals surface area contributed by atoms with Crippen molar-refractivity contribution in [1.82, 2.24) is 4.90 Å². The van der Waals surface area contributed by atoms with Crippen LogP contribution < -0.4 is 0 Å². The molecule has 1 heterocycles. The van der Waals surface area contributed by atoms with Gasteiger partial charge in [0.1, 0.15) is 0 Å². The van der Waals surface area contributed by atoms with E-state index >= 15 is 0 Å². The summed E-state index contributed by atoms with van der Waals surface area (Å²) < 4.78 is 0. The second-order valence-electron chi connectivity index (χ2n) is 3.15. The zero-order valence-electron chi connectivity index (χ0n) is 7.53. The lowest BCUT2D eigenvalue weighted by molar-refractivity contribution is -0.127. The topological polar surface area (TPSA) is 44.1 Å². The predicted molar refractivity (Wildman–Crippen MR) is 44.8 cm³/mol. The van der Waals surface area contributed by atoms with E-state index < -0.39 is 0 Å². The van der Waals surface area contributed by atoms with Crippen LogP contribution in [-0.4, -0.2) is 16.8 Å². The number of hydrogen-bond donors (Lipinski definition) is 0. The largest absolute Gasteiger partial charge is 0.315 e. The number of carbonyl (C=O) groups excluding carboxylic acids is 1. The quantitative estimate of drug-likeness (QED) is 0.541. The van der Waals surface area contributed by atoms with Crippen LogP contribution in [-0.2, 0) is 4.79 Å². The molecule has 0 aromatic carbocycles. The van der Waals surface area contributed by atoms with Gasteiger partial charge in [0.05, 0.1) is 11.6 Å². The molecule has 3 nitrogen and oxygen atoms in total. The molecule has 2 atom stereocenters. The van der Waals surface area contributed by atoms with E-state index in [4.69, 9.17) is 5.26 Å². The van der Waals surface area contributed by atoms with Gasteiger partial charge in [-0.3, -0.25) is 4.79 Å². The van der Waals surface area contributed by atoms with Crippen molar-refractivity contribution in [2.75, 3.05) is 0 Å². The minimum absolute atomic E-state index is 0.000370. The minimum atomic E-state index is -0.000370. The lowest BCUT2D eigenvalue weighted by atomic mass is 9.99. The molecule has 3 heteroatoms. The van der Waals surface area contributed by atoms with E-state index in [0.29, 0.717) is 5.57 Å². The van der Waals surface area contributed by atoms with Crippen LogP contribution in [0.4, 0.5) is 0 Å². The molecule has 0 bridgehead atoms. The minimum Gasteiger partial charge on any atom is -0.315 e. The number of carbonyl (C=O) groups is 1. The Hall–Kier alpha value is -1.30. The van der Waals surface area contributed by atoms with Crippen LogP contribution >= 0.6 is 0 Å². The molecule has 0 aromatic heterocycles. The van der Waals surface area contributed by atoms with Crippen LogP contribution in [0.15, 0.2) is 11.8 Å². The summed E-state index contributed by atoms with van der Waals surface area (Å²) in [5.41, 5.74) is 0.692. The molecule has 64 valence electrons. The van der Waals surface area contributed by atoms with Gasteiger partial charge < -0.3 is 4.90 Å². The van der Waals surface area contributed by atoms with Gasteiger partial charge in [0.2, 0.25) is 5.91 Å². The van der Waals surface area contributed by atoms with Crippen molar-refractivity contribution >= 4 is 5.91 Å². The lowest BCUT2D eigenvalue weighted by Crippen LogP contribution is -2.31. The Morgan fingerprint density at radius 3 is 2.50 bits per heavy atom. The molecule has 1 aliphatic heterocycles. The van der Waals surface area contributed by atoms with Crippen LogP contribution in [0.5, 0.6) is 0 Å². The van der Waals surface area contributed by atoms with E-state index in [1.54, 1.807) is 11.1 Å². The standard InChI is InChI=1S/C9H12N2O/c1-6-7(2)11(8(3)12)5-9(6)4-10/h5-7H,1-3H3. The summed E-state index contributed by atoms with van der Waals surface area (Å²) in [5, 5.41) is 8.70. The highest BCUT2D eigenvalue weighted by atomic mass is 16.2.